The third kappa shape index (κ3) is 3.85. The summed E-state index contributed by atoms with van der Waals surface area (Å²) < 4.78 is 25.0. The van der Waals surface area contributed by atoms with Crippen LogP contribution in [0.5, 0.6) is 0 Å². The van der Waals surface area contributed by atoms with Crippen LogP contribution in [0.1, 0.15) is 30.0 Å². The molecule has 2 aromatic rings. The summed E-state index contributed by atoms with van der Waals surface area (Å²) in [6.07, 6.45) is 2.12. The molecule has 1 amide bonds. The van der Waals surface area contributed by atoms with E-state index >= 15 is 0 Å². The predicted molar refractivity (Wildman–Crippen MR) is 93.3 cm³/mol. The van der Waals surface area contributed by atoms with E-state index in [9.17, 15) is 13.2 Å². The molecule has 1 saturated carbocycles. The summed E-state index contributed by atoms with van der Waals surface area (Å²) in [5, 5.41) is 2.92. The topological polar surface area (TPSA) is 63.2 Å². The molecule has 0 spiro atoms. The first-order valence-corrected chi connectivity index (χ1v) is 9.75. The second-order valence-corrected chi connectivity index (χ2v) is 8.28. The molecule has 1 aliphatic carbocycles. The summed E-state index contributed by atoms with van der Waals surface area (Å²) >= 11 is 0. The Labute approximate surface area is 142 Å². The molecule has 1 N–H and O–H groups in total. The van der Waals surface area contributed by atoms with Gasteiger partial charge in [-0.25, -0.2) is 8.42 Å². The molecule has 4 nitrogen and oxygen atoms in total. The van der Waals surface area contributed by atoms with Crippen LogP contribution in [0.25, 0.3) is 0 Å². The van der Waals surface area contributed by atoms with E-state index in [1.807, 2.05) is 30.3 Å². The Morgan fingerprint density at radius 1 is 1.08 bits per heavy atom. The normalized spacial score (nSPS) is 15.7. The summed E-state index contributed by atoms with van der Waals surface area (Å²) in [6.45, 7) is 1.74. The average Bonchev–Trinajstić information content (AvgIpc) is 3.38. The van der Waals surface area contributed by atoms with Crippen molar-refractivity contribution in [1.82, 2.24) is 5.32 Å². The number of aryl methyl sites for hydroxylation is 1. The standard InChI is InChI=1S/C19H21NO3S/c1-14-7-5-6-10-17(14)24(22,23)13-18(21)20-19(16-11-12-16)15-8-3-2-4-9-15/h2-10,16,19H,11-13H2,1H3,(H,20,21)/t19-/m1/s1. The second kappa shape index (κ2) is 6.77. The number of amides is 1. The minimum absolute atomic E-state index is 0.106. The minimum atomic E-state index is -3.64. The molecule has 0 aliphatic heterocycles. The van der Waals surface area contributed by atoms with E-state index in [0.717, 1.165) is 18.4 Å². The van der Waals surface area contributed by atoms with Crippen LogP contribution >= 0.6 is 0 Å². The van der Waals surface area contributed by atoms with Crippen LogP contribution < -0.4 is 5.32 Å². The van der Waals surface area contributed by atoms with Gasteiger partial charge in [0.2, 0.25) is 5.91 Å². The first-order valence-electron chi connectivity index (χ1n) is 8.10. The predicted octanol–water partition coefficient (Wildman–Crippen LogP) is 3.04. The number of sulfone groups is 1. The van der Waals surface area contributed by atoms with Gasteiger partial charge in [0.25, 0.3) is 0 Å². The first kappa shape index (κ1) is 16.7. The zero-order chi connectivity index (χ0) is 17.2. The van der Waals surface area contributed by atoms with Gasteiger partial charge >= 0.3 is 0 Å². The Kier molecular flexibility index (Phi) is 4.71. The van der Waals surface area contributed by atoms with Crippen LogP contribution in [0.15, 0.2) is 59.5 Å². The van der Waals surface area contributed by atoms with Crippen molar-refractivity contribution >= 4 is 15.7 Å². The number of hydrogen-bond acceptors (Lipinski definition) is 3. The van der Waals surface area contributed by atoms with Gasteiger partial charge in [-0.2, -0.15) is 0 Å². The van der Waals surface area contributed by atoms with Crippen LogP contribution in [-0.4, -0.2) is 20.1 Å². The molecule has 3 rings (SSSR count). The Morgan fingerprint density at radius 2 is 1.71 bits per heavy atom. The van der Waals surface area contributed by atoms with E-state index in [-0.39, 0.29) is 10.9 Å². The Hall–Kier alpha value is -2.14. The molecule has 0 aromatic heterocycles. The number of nitrogens with one attached hydrogen (secondary N) is 1. The second-order valence-electron chi connectivity index (χ2n) is 6.32. The summed E-state index contributed by atoms with van der Waals surface area (Å²) in [4.78, 5) is 12.6. The minimum Gasteiger partial charge on any atom is -0.348 e. The monoisotopic (exact) mass is 343 g/mol. The van der Waals surface area contributed by atoms with E-state index in [2.05, 4.69) is 5.32 Å². The zero-order valence-electron chi connectivity index (χ0n) is 13.6. The molecule has 0 heterocycles. The number of carbonyl (C=O) groups excluding carboxylic acids is 1. The van der Waals surface area contributed by atoms with Crippen LogP contribution in [0, 0.1) is 12.8 Å². The SMILES string of the molecule is Cc1ccccc1S(=O)(=O)CC(=O)N[C@H](c1ccccc1)C1CC1. The molecule has 2 aromatic carbocycles. The third-order valence-corrected chi connectivity index (χ3v) is 6.09. The molecular weight excluding hydrogens is 322 g/mol. The van der Waals surface area contributed by atoms with Gasteiger partial charge in [0.1, 0.15) is 5.75 Å². The fourth-order valence-corrected chi connectivity index (χ4v) is 4.36. The lowest BCUT2D eigenvalue weighted by atomic mass is 10.0. The highest BCUT2D eigenvalue weighted by Crippen LogP contribution is 2.40. The van der Waals surface area contributed by atoms with Crippen molar-refractivity contribution in [2.75, 3.05) is 5.75 Å². The van der Waals surface area contributed by atoms with Crippen molar-refractivity contribution in [3.05, 3.63) is 65.7 Å². The molecule has 0 unspecified atom stereocenters. The summed E-state index contributed by atoms with van der Waals surface area (Å²) in [5.74, 6) is -0.565. The van der Waals surface area contributed by atoms with Crippen molar-refractivity contribution in [1.29, 1.82) is 0 Å². The molecule has 126 valence electrons. The highest BCUT2D eigenvalue weighted by molar-refractivity contribution is 7.92. The Morgan fingerprint density at radius 3 is 2.33 bits per heavy atom. The van der Waals surface area contributed by atoms with E-state index < -0.39 is 21.5 Å². The number of hydrogen-bond donors (Lipinski definition) is 1. The van der Waals surface area contributed by atoms with E-state index in [1.165, 1.54) is 0 Å². The van der Waals surface area contributed by atoms with Crippen molar-refractivity contribution in [2.24, 2.45) is 5.92 Å². The maximum Gasteiger partial charge on any atom is 0.236 e. The fraction of sp³-hybridized carbons (Fsp3) is 0.316. The lowest BCUT2D eigenvalue weighted by Crippen LogP contribution is -2.34. The van der Waals surface area contributed by atoms with Gasteiger partial charge in [0.05, 0.1) is 10.9 Å². The quantitative estimate of drug-likeness (QED) is 0.877. The molecule has 0 saturated heterocycles. The number of rotatable bonds is 6. The Bertz CT molecular complexity index is 827. The molecule has 0 bridgehead atoms. The number of benzene rings is 2. The van der Waals surface area contributed by atoms with Gasteiger partial charge in [-0.05, 0) is 42.9 Å². The van der Waals surface area contributed by atoms with Crippen LogP contribution in [-0.2, 0) is 14.6 Å². The highest BCUT2D eigenvalue weighted by Gasteiger charge is 2.34. The van der Waals surface area contributed by atoms with Gasteiger partial charge in [-0.15, -0.1) is 0 Å². The van der Waals surface area contributed by atoms with Gasteiger partial charge < -0.3 is 5.32 Å². The fourth-order valence-electron chi connectivity index (χ4n) is 2.93. The third-order valence-electron chi connectivity index (χ3n) is 4.32. The largest absolute Gasteiger partial charge is 0.348 e. The summed E-state index contributed by atoms with van der Waals surface area (Å²) in [5.41, 5.74) is 1.69. The van der Waals surface area contributed by atoms with Gasteiger partial charge in [0, 0.05) is 0 Å². The van der Waals surface area contributed by atoms with E-state index in [4.69, 9.17) is 0 Å². The maximum atomic E-state index is 12.5. The van der Waals surface area contributed by atoms with Crippen LogP contribution in [0.2, 0.25) is 0 Å². The van der Waals surface area contributed by atoms with Crippen molar-refractivity contribution in [3.63, 3.8) is 0 Å². The molecule has 24 heavy (non-hydrogen) atoms. The molecule has 1 atom stereocenters. The van der Waals surface area contributed by atoms with Crippen molar-refractivity contribution < 1.29 is 13.2 Å². The average molecular weight is 343 g/mol. The molecule has 1 fully saturated rings. The van der Waals surface area contributed by atoms with Crippen molar-refractivity contribution in [2.45, 2.75) is 30.7 Å². The van der Waals surface area contributed by atoms with Crippen molar-refractivity contribution in [3.8, 4) is 0 Å². The molecule has 1 aliphatic rings. The zero-order valence-corrected chi connectivity index (χ0v) is 14.4. The number of carbonyl (C=O) groups is 1. The van der Waals surface area contributed by atoms with Gasteiger partial charge in [0.15, 0.2) is 9.84 Å². The maximum absolute atomic E-state index is 12.5. The Balaban J connectivity index is 1.74. The van der Waals surface area contributed by atoms with Gasteiger partial charge in [-0.1, -0.05) is 48.5 Å². The summed E-state index contributed by atoms with van der Waals surface area (Å²) in [7, 11) is -3.64. The first-order chi connectivity index (χ1) is 11.5. The lowest BCUT2D eigenvalue weighted by Gasteiger charge is -2.19. The van der Waals surface area contributed by atoms with E-state index in [0.29, 0.717) is 11.5 Å². The summed E-state index contributed by atoms with van der Waals surface area (Å²) in [6, 6.07) is 16.4. The smallest absolute Gasteiger partial charge is 0.236 e. The van der Waals surface area contributed by atoms with Crippen LogP contribution in [0.3, 0.4) is 0 Å². The van der Waals surface area contributed by atoms with Crippen LogP contribution in [0.4, 0.5) is 0 Å². The molecule has 0 radical (unpaired) electrons. The lowest BCUT2D eigenvalue weighted by molar-refractivity contribution is -0.119. The van der Waals surface area contributed by atoms with Gasteiger partial charge in [-0.3, -0.25) is 4.79 Å². The molecule has 5 heteroatoms. The van der Waals surface area contributed by atoms with E-state index in [1.54, 1.807) is 31.2 Å². The molecular formula is C19H21NO3S. The highest BCUT2D eigenvalue weighted by atomic mass is 32.2.